The number of aromatic nitrogens is 2. The lowest BCUT2D eigenvalue weighted by molar-refractivity contribution is 0.102. The van der Waals surface area contributed by atoms with Crippen molar-refractivity contribution in [2.45, 2.75) is 20.8 Å². The monoisotopic (exact) mass is 271 g/mol. The second kappa shape index (κ2) is 5.66. The Hall–Kier alpha value is -2.47. The number of carbonyl (C=O) groups excluding carboxylic acids is 1. The summed E-state index contributed by atoms with van der Waals surface area (Å²) in [4.78, 5) is 20.7. The number of nitrogen functional groups attached to an aromatic ring is 1. The van der Waals surface area contributed by atoms with Crippen molar-refractivity contribution < 1.29 is 4.79 Å². The van der Waals surface area contributed by atoms with Crippen LogP contribution in [0.3, 0.4) is 0 Å². The zero-order valence-electron chi connectivity index (χ0n) is 11.7. The number of pyridine rings is 2. The average Bonchev–Trinajstić information content (AvgIpc) is 2.41. The number of aryl methyl sites for hydroxylation is 3. The number of amides is 1. The number of nitrogens with two attached hydrogens (primary N) is 1. The SMILES string of the molecule is Cc1cc(C(=O)Nc2ccc(C)nc2C)cc(NN)n1. The van der Waals surface area contributed by atoms with E-state index in [0.717, 1.165) is 11.4 Å². The lowest BCUT2D eigenvalue weighted by Crippen LogP contribution is -2.16. The van der Waals surface area contributed by atoms with Gasteiger partial charge in [-0.05, 0) is 45.0 Å². The number of nitrogens with zero attached hydrogens (tertiary/aromatic N) is 2. The minimum Gasteiger partial charge on any atom is -0.320 e. The van der Waals surface area contributed by atoms with Crippen LogP contribution in [-0.4, -0.2) is 15.9 Å². The quantitative estimate of drug-likeness (QED) is 0.586. The van der Waals surface area contributed by atoms with Crippen molar-refractivity contribution in [1.29, 1.82) is 0 Å². The van der Waals surface area contributed by atoms with E-state index in [-0.39, 0.29) is 5.91 Å². The maximum absolute atomic E-state index is 12.2. The molecule has 2 heterocycles. The molecule has 0 bridgehead atoms. The maximum atomic E-state index is 12.2. The van der Waals surface area contributed by atoms with Crippen molar-refractivity contribution in [3.8, 4) is 0 Å². The Morgan fingerprint density at radius 1 is 1.10 bits per heavy atom. The van der Waals surface area contributed by atoms with E-state index in [1.807, 2.05) is 26.0 Å². The average molecular weight is 271 g/mol. The van der Waals surface area contributed by atoms with Crippen LogP contribution in [0.5, 0.6) is 0 Å². The van der Waals surface area contributed by atoms with Crippen LogP contribution in [0.1, 0.15) is 27.4 Å². The molecule has 0 unspecified atom stereocenters. The number of hydrazine groups is 1. The molecular weight excluding hydrogens is 254 g/mol. The summed E-state index contributed by atoms with van der Waals surface area (Å²) in [6.45, 7) is 5.56. The van der Waals surface area contributed by atoms with E-state index in [0.29, 0.717) is 22.8 Å². The first-order valence-electron chi connectivity index (χ1n) is 6.20. The highest BCUT2D eigenvalue weighted by atomic mass is 16.1. The van der Waals surface area contributed by atoms with Crippen molar-refractivity contribution in [2.24, 2.45) is 5.84 Å². The first kappa shape index (κ1) is 14.0. The lowest BCUT2D eigenvalue weighted by atomic mass is 10.2. The summed E-state index contributed by atoms with van der Waals surface area (Å²) >= 11 is 0. The van der Waals surface area contributed by atoms with E-state index in [2.05, 4.69) is 20.7 Å². The molecule has 0 saturated heterocycles. The van der Waals surface area contributed by atoms with Gasteiger partial charge in [0.2, 0.25) is 0 Å². The summed E-state index contributed by atoms with van der Waals surface area (Å²) in [5.41, 5.74) is 6.03. The molecule has 0 aliphatic heterocycles. The number of rotatable bonds is 3. The molecule has 104 valence electrons. The number of carbonyl (C=O) groups is 1. The zero-order chi connectivity index (χ0) is 14.7. The Kier molecular flexibility index (Phi) is 3.95. The van der Waals surface area contributed by atoms with E-state index in [1.165, 1.54) is 0 Å². The Balaban J connectivity index is 2.26. The minimum absolute atomic E-state index is 0.222. The van der Waals surface area contributed by atoms with Gasteiger partial charge < -0.3 is 10.7 Å². The van der Waals surface area contributed by atoms with Crippen molar-refractivity contribution >= 4 is 17.4 Å². The highest BCUT2D eigenvalue weighted by molar-refractivity contribution is 6.05. The highest BCUT2D eigenvalue weighted by Gasteiger charge is 2.10. The van der Waals surface area contributed by atoms with Crippen LogP contribution in [0, 0.1) is 20.8 Å². The van der Waals surface area contributed by atoms with Crippen LogP contribution in [0.4, 0.5) is 11.5 Å². The van der Waals surface area contributed by atoms with Crippen molar-refractivity contribution in [3.05, 3.63) is 46.9 Å². The van der Waals surface area contributed by atoms with Gasteiger partial charge in [0.1, 0.15) is 5.82 Å². The van der Waals surface area contributed by atoms with Gasteiger partial charge in [0.05, 0.1) is 11.4 Å². The van der Waals surface area contributed by atoms with Gasteiger partial charge in [-0.3, -0.25) is 9.78 Å². The van der Waals surface area contributed by atoms with Gasteiger partial charge >= 0.3 is 0 Å². The fourth-order valence-electron chi connectivity index (χ4n) is 1.89. The molecule has 0 radical (unpaired) electrons. The zero-order valence-corrected chi connectivity index (χ0v) is 11.7. The summed E-state index contributed by atoms with van der Waals surface area (Å²) in [7, 11) is 0. The topological polar surface area (TPSA) is 92.9 Å². The van der Waals surface area contributed by atoms with Crippen LogP contribution in [0.25, 0.3) is 0 Å². The molecule has 0 fully saturated rings. The molecule has 0 aromatic carbocycles. The Labute approximate surface area is 117 Å². The summed E-state index contributed by atoms with van der Waals surface area (Å²) in [6, 6.07) is 6.99. The van der Waals surface area contributed by atoms with Crippen LogP contribution in [0.2, 0.25) is 0 Å². The predicted octanol–water partition coefficient (Wildman–Crippen LogP) is 1.94. The standard InChI is InChI=1S/C14H17N5O/c1-8-4-5-12(10(3)16-8)18-14(20)11-6-9(2)17-13(7-11)19-15/h4-7H,15H2,1-3H3,(H,17,19)(H,18,20). The van der Waals surface area contributed by atoms with Crippen LogP contribution < -0.4 is 16.6 Å². The summed E-state index contributed by atoms with van der Waals surface area (Å²) in [5.74, 6) is 5.56. The Morgan fingerprint density at radius 3 is 2.50 bits per heavy atom. The summed E-state index contributed by atoms with van der Waals surface area (Å²) < 4.78 is 0. The van der Waals surface area contributed by atoms with Gasteiger partial charge in [-0.15, -0.1) is 0 Å². The second-order valence-corrected chi connectivity index (χ2v) is 4.57. The van der Waals surface area contributed by atoms with E-state index in [4.69, 9.17) is 5.84 Å². The molecule has 0 aliphatic rings. The van der Waals surface area contributed by atoms with Crippen LogP contribution in [-0.2, 0) is 0 Å². The molecule has 0 saturated carbocycles. The number of hydrogen-bond acceptors (Lipinski definition) is 5. The van der Waals surface area contributed by atoms with Crippen LogP contribution >= 0.6 is 0 Å². The first-order chi connectivity index (χ1) is 9.49. The maximum Gasteiger partial charge on any atom is 0.255 e. The fraction of sp³-hybridized carbons (Fsp3) is 0.214. The van der Waals surface area contributed by atoms with E-state index in [1.54, 1.807) is 19.1 Å². The first-order valence-corrected chi connectivity index (χ1v) is 6.20. The van der Waals surface area contributed by atoms with Crippen LogP contribution in [0.15, 0.2) is 24.3 Å². The molecule has 4 N–H and O–H groups in total. The Bertz CT molecular complexity index is 654. The molecule has 0 atom stereocenters. The molecule has 2 rings (SSSR count). The molecule has 6 nitrogen and oxygen atoms in total. The predicted molar refractivity (Wildman–Crippen MR) is 78.4 cm³/mol. The smallest absolute Gasteiger partial charge is 0.255 e. The molecule has 6 heteroatoms. The molecule has 2 aromatic rings. The molecule has 0 spiro atoms. The third kappa shape index (κ3) is 3.10. The van der Waals surface area contributed by atoms with E-state index in [9.17, 15) is 4.79 Å². The molecular formula is C14H17N5O. The normalized spacial score (nSPS) is 10.2. The number of anilines is 2. The minimum atomic E-state index is -0.222. The largest absolute Gasteiger partial charge is 0.320 e. The second-order valence-electron chi connectivity index (χ2n) is 4.57. The summed E-state index contributed by atoms with van der Waals surface area (Å²) in [6.07, 6.45) is 0. The van der Waals surface area contributed by atoms with Gasteiger partial charge in [0.15, 0.2) is 0 Å². The van der Waals surface area contributed by atoms with Crippen molar-refractivity contribution in [1.82, 2.24) is 9.97 Å². The van der Waals surface area contributed by atoms with Gasteiger partial charge in [-0.25, -0.2) is 10.8 Å². The van der Waals surface area contributed by atoms with Gasteiger partial charge in [-0.2, -0.15) is 0 Å². The lowest BCUT2D eigenvalue weighted by Gasteiger charge is -2.10. The summed E-state index contributed by atoms with van der Waals surface area (Å²) in [5, 5.41) is 2.83. The van der Waals surface area contributed by atoms with Crippen molar-refractivity contribution in [2.75, 3.05) is 10.7 Å². The molecule has 20 heavy (non-hydrogen) atoms. The number of nitrogens with one attached hydrogen (secondary N) is 2. The third-order valence-electron chi connectivity index (χ3n) is 2.84. The van der Waals surface area contributed by atoms with E-state index < -0.39 is 0 Å². The Morgan fingerprint density at radius 2 is 1.85 bits per heavy atom. The highest BCUT2D eigenvalue weighted by Crippen LogP contribution is 2.15. The third-order valence-corrected chi connectivity index (χ3v) is 2.84. The van der Waals surface area contributed by atoms with Gasteiger partial charge in [0.25, 0.3) is 5.91 Å². The number of hydrogen-bond donors (Lipinski definition) is 3. The van der Waals surface area contributed by atoms with E-state index >= 15 is 0 Å². The van der Waals surface area contributed by atoms with Gasteiger partial charge in [-0.1, -0.05) is 0 Å². The molecule has 2 aromatic heterocycles. The fourth-order valence-corrected chi connectivity index (χ4v) is 1.89. The van der Waals surface area contributed by atoms with Crippen molar-refractivity contribution in [3.63, 3.8) is 0 Å². The van der Waals surface area contributed by atoms with Gasteiger partial charge in [0, 0.05) is 17.0 Å². The molecule has 1 amide bonds. The molecule has 0 aliphatic carbocycles.